The van der Waals surface area contributed by atoms with Crippen molar-refractivity contribution in [2.75, 3.05) is 39.3 Å². The maximum atomic E-state index is 14.9. The number of nitrogens with one attached hydrogen (secondary N) is 18. The molecule has 0 fully saturated rings. The summed E-state index contributed by atoms with van der Waals surface area (Å²) in [7, 11) is 0. The molecule has 32 N–H and O–H groups in total. The molecule has 16 amide bonds. The maximum absolute atomic E-state index is 14.9. The van der Waals surface area contributed by atoms with Crippen molar-refractivity contribution in [2.45, 2.75) is 256 Å². The number of imidazole rings is 1. The number of rotatable bonds is 60. The lowest BCUT2D eigenvalue weighted by Crippen LogP contribution is -2.61. The summed E-state index contributed by atoms with van der Waals surface area (Å²) in [6.45, 7) is 14.8. The van der Waals surface area contributed by atoms with Crippen LogP contribution in [0.2, 0.25) is 0 Å². The van der Waals surface area contributed by atoms with E-state index in [1.165, 1.54) is 19.4 Å². The van der Waals surface area contributed by atoms with Gasteiger partial charge in [0.25, 0.3) is 0 Å². The summed E-state index contributed by atoms with van der Waals surface area (Å²) in [4.78, 5) is 234. The molecule has 698 valence electrons. The molecule has 42 heteroatoms. The second kappa shape index (κ2) is 55.9. The Kier molecular flexibility index (Phi) is 47.1. The van der Waals surface area contributed by atoms with Crippen LogP contribution in [0, 0.1) is 29.1 Å². The molecule has 126 heavy (non-hydrogen) atoms. The van der Waals surface area contributed by atoms with E-state index in [-0.39, 0.29) is 121 Å². The van der Waals surface area contributed by atoms with Crippen LogP contribution in [0.15, 0.2) is 73.3 Å². The van der Waals surface area contributed by atoms with E-state index in [4.69, 9.17) is 45.5 Å². The van der Waals surface area contributed by atoms with E-state index in [9.17, 15) is 76.7 Å². The number of H-pyrrole nitrogens is 2. The van der Waals surface area contributed by atoms with Gasteiger partial charge in [0.2, 0.25) is 94.5 Å². The Bertz CT molecular complexity index is 4220. The van der Waals surface area contributed by atoms with Crippen LogP contribution in [-0.4, -0.2) is 233 Å². The minimum absolute atomic E-state index is 0.00906. The number of nitrogens with two attached hydrogens (primary N) is 7. The molecule has 0 saturated heterocycles. The van der Waals surface area contributed by atoms with Crippen LogP contribution in [-0.2, 0) is 96.0 Å². The number of amides is 16. The quantitative estimate of drug-likeness (QED) is 0.0114. The highest BCUT2D eigenvalue weighted by Crippen LogP contribution is 2.21. The van der Waals surface area contributed by atoms with Gasteiger partial charge < -0.3 is 130 Å². The first-order valence-corrected chi connectivity index (χ1v) is 43.0. The summed E-state index contributed by atoms with van der Waals surface area (Å²) < 4.78 is 0. The van der Waals surface area contributed by atoms with Gasteiger partial charge in [0, 0.05) is 49.1 Å². The zero-order valence-corrected chi connectivity index (χ0v) is 73.7. The summed E-state index contributed by atoms with van der Waals surface area (Å²) in [5.74, 6) is -15.4. The Morgan fingerprint density at radius 2 is 0.817 bits per heavy atom. The molecule has 2 aromatic heterocycles. The second-order valence-corrected chi connectivity index (χ2v) is 33.0. The molecule has 0 spiro atoms. The number of benzene rings is 2. The number of carbonyl (C=O) groups is 16. The van der Waals surface area contributed by atoms with Crippen LogP contribution in [0.5, 0.6) is 0 Å². The molecule has 0 bridgehead atoms. The van der Waals surface area contributed by atoms with Gasteiger partial charge in [-0.2, -0.15) is 0 Å². The fourth-order valence-electron chi connectivity index (χ4n) is 13.7. The third kappa shape index (κ3) is 38.9. The SMILES string of the molecule is CC(C)C[C@H](NC(=O)[C@H](Cc1c[nH]cn1)NC(=O)[C@H](CCCCN)NC(=O)[C@H](CC(C)C)NC(=O)[C@@H](NC(=O)[C@H](C)NC(=O)CNC(=O)[C@H](CCCNC(=N)N)NC(=O)[C@H](CC(N)=O)NC(=O)[C@H](CCCCN)NC(=O)[C@H](Cc1ccccc1)NC(=O)[C@H](CC(C)C)NC(=O)[C@H](CCCCN)NC(=O)[C@H](Cc1c[nH]c2ccccc12)NC(=O)CN)C(C)C)C(N)=O. The number of aromatic amines is 2. The zero-order valence-electron chi connectivity index (χ0n) is 73.7. The second-order valence-electron chi connectivity index (χ2n) is 33.0. The van der Waals surface area contributed by atoms with Gasteiger partial charge in [0.1, 0.15) is 78.5 Å². The van der Waals surface area contributed by atoms with Crippen LogP contribution in [0.4, 0.5) is 0 Å². The summed E-state index contributed by atoms with van der Waals surface area (Å²) in [6, 6.07) is -2.00. The first-order valence-electron chi connectivity index (χ1n) is 43.0. The number of carbonyl (C=O) groups excluding carboxylic acids is 16. The Hall–Kier alpha value is -12.2. The molecule has 0 aliphatic rings. The van der Waals surface area contributed by atoms with E-state index >= 15 is 0 Å². The molecule has 13 atom stereocenters. The van der Waals surface area contributed by atoms with Gasteiger partial charge in [-0.15, -0.1) is 0 Å². The van der Waals surface area contributed by atoms with E-state index in [2.05, 4.69) is 94.7 Å². The number of unbranched alkanes of at least 4 members (excludes halogenated alkanes) is 3. The zero-order chi connectivity index (χ0) is 93.7. The number of nitrogens with zero attached hydrogens (tertiary/aromatic N) is 1. The summed E-state index contributed by atoms with van der Waals surface area (Å²) in [5.41, 5.74) is 42.5. The van der Waals surface area contributed by atoms with E-state index < -0.39 is 204 Å². The molecular formula is C84H136N26O16. The number of hydrogen-bond donors (Lipinski definition) is 25. The predicted octanol–water partition coefficient (Wildman–Crippen LogP) is -3.88. The molecule has 0 radical (unpaired) electrons. The van der Waals surface area contributed by atoms with Crippen molar-refractivity contribution >= 4 is 111 Å². The van der Waals surface area contributed by atoms with Crippen molar-refractivity contribution < 1.29 is 76.7 Å². The summed E-state index contributed by atoms with van der Waals surface area (Å²) in [5, 5.41) is 47.9. The largest absolute Gasteiger partial charge is 0.370 e. The lowest BCUT2D eigenvalue weighted by Gasteiger charge is -2.29. The summed E-state index contributed by atoms with van der Waals surface area (Å²) >= 11 is 0. The molecule has 42 nitrogen and oxygen atoms in total. The highest BCUT2D eigenvalue weighted by Gasteiger charge is 2.39. The Balaban J connectivity index is 1.53. The van der Waals surface area contributed by atoms with Crippen LogP contribution in [0.3, 0.4) is 0 Å². The minimum Gasteiger partial charge on any atom is -0.370 e. The van der Waals surface area contributed by atoms with Crippen molar-refractivity contribution in [3.05, 3.63) is 90.1 Å². The average molecular weight is 1770 g/mol. The number of guanidine groups is 1. The fourth-order valence-corrected chi connectivity index (χ4v) is 13.7. The Labute approximate surface area is 734 Å². The van der Waals surface area contributed by atoms with Crippen LogP contribution in [0.25, 0.3) is 10.9 Å². The smallest absolute Gasteiger partial charge is 0.243 e. The number of fused-ring (bicyclic) bond motifs is 1. The van der Waals surface area contributed by atoms with Gasteiger partial charge in [0.15, 0.2) is 5.96 Å². The van der Waals surface area contributed by atoms with Crippen LogP contribution >= 0.6 is 0 Å². The van der Waals surface area contributed by atoms with E-state index in [1.807, 2.05) is 38.1 Å². The number of aromatic nitrogens is 3. The Morgan fingerprint density at radius 3 is 1.29 bits per heavy atom. The van der Waals surface area contributed by atoms with Crippen LogP contribution < -0.4 is 120 Å². The minimum atomic E-state index is -1.84. The predicted molar refractivity (Wildman–Crippen MR) is 471 cm³/mol. The highest BCUT2D eigenvalue weighted by molar-refractivity contribution is 6.01. The lowest BCUT2D eigenvalue weighted by atomic mass is 9.99. The van der Waals surface area contributed by atoms with Gasteiger partial charge in [-0.25, -0.2) is 4.98 Å². The third-order valence-electron chi connectivity index (χ3n) is 20.3. The van der Waals surface area contributed by atoms with Gasteiger partial charge in [-0.05, 0) is 157 Å². The first kappa shape index (κ1) is 106. The van der Waals surface area contributed by atoms with Gasteiger partial charge >= 0.3 is 0 Å². The molecule has 4 rings (SSSR count). The van der Waals surface area contributed by atoms with E-state index in [0.717, 1.165) is 10.9 Å². The molecule has 2 heterocycles. The monoisotopic (exact) mass is 1770 g/mol. The maximum Gasteiger partial charge on any atom is 0.243 e. The van der Waals surface area contributed by atoms with E-state index in [1.54, 1.807) is 78.1 Å². The van der Waals surface area contributed by atoms with Crippen molar-refractivity contribution in [2.24, 2.45) is 63.8 Å². The molecule has 0 unspecified atom stereocenters. The molecule has 0 aliphatic carbocycles. The number of primary amides is 2. The van der Waals surface area contributed by atoms with Crippen molar-refractivity contribution in [3.8, 4) is 0 Å². The molecular weight excluding hydrogens is 1630 g/mol. The molecule has 0 aliphatic heterocycles. The molecule has 4 aromatic rings. The average Bonchev–Trinajstić information content (AvgIpc) is 1.68. The fraction of sp³-hybridized carbons (Fsp3) is 0.595. The van der Waals surface area contributed by atoms with Gasteiger partial charge in [-0.1, -0.05) is 104 Å². The standard InChI is InChI=1S/C84H136N26O16/c1-46(2)34-60(71(90)114)104-81(124)65(39-53-43-93-45-97-53)107-75(118)58(27-16-19-31-86)101-77(120)62(36-48(5)6)109-83(126)70(49(7)8)110-72(115)50(9)98-69(113)44-96-73(116)56(29-21-33-94-84(91)92)100-82(125)66(40-67(89)111)108-76(119)59(28-17-20-32-87)102-79(122)63(37-51-22-11-10-12-23-51)106-78(121)61(35-47(3)4)105-74(117)57(26-15-18-30-85)103-80(123)64(99-68(112)41-88)38-52-42-95-55-25-14-13-24-54(52)55/h10-14,22-25,42-43,45-50,56-66,70,95H,15-21,26-41,44,85-88H2,1-9H3,(H2,89,111)(H2,90,114)(H,93,97)(H,96,116)(H,98,113)(H,99,112)(H,100,125)(H,101,120)(H,102,122)(H,103,123)(H,104,124)(H,105,117)(H,106,121)(H,107,118)(H,108,119)(H,109,126)(H,110,115)(H4,91,92,94)/t50-,56-,57-,58-,59-,60-,61-,62-,63-,64-,65-,66-,70-/m0/s1. The number of para-hydroxylation sites is 1. The summed E-state index contributed by atoms with van der Waals surface area (Å²) in [6.07, 6.45) is 5.72. The van der Waals surface area contributed by atoms with Gasteiger partial charge in [0.05, 0.1) is 31.5 Å². The first-order chi connectivity index (χ1) is 59.8. The molecule has 0 saturated carbocycles. The third-order valence-corrected chi connectivity index (χ3v) is 20.3. The normalized spacial score (nSPS) is 14.4. The van der Waals surface area contributed by atoms with E-state index in [0.29, 0.717) is 48.9 Å². The highest BCUT2D eigenvalue weighted by atomic mass is 16.2. The Morgan fingerprint density at radius 1 is 0.397 bits per heavy atom. The topological polar surface area (TPSA) is 704 Å². The molecule has 2 aromatic carbocycles. The van der Waals surface area contributed by atoms with Crippen LogP contribution in [0.1, 0.15) is 175 Å². The van der Waals surface area contributed by atoms with Crippen molar-refractivity contribution in [3.63, 3.8) is 0 Å². The van der Waals surface area contributed by atoms with Crippen molar-refractivity contribution in [1.29, 1.82) is 5.41 Å². The number of hydrogen-bond acceptors (Lipinski definition) is 22. The van der Waals surface area contributed by atoms with Crippen molar-refractivity contribution in [1.82, 2.24) is 94.7 Å². The van der Waals surface area contributed by atoms with Gasteiger partial charge in [-0.3, -0.25) is 82.1 Å². The lowest BCUT2D eigenvalue weighted by molar-refractivity contribution is -0.136.